The van der Waals surface area contributed by atoms with Gasteiger partial charge in [0.2, 0.25) is 0 Å². The number of aromatic hydroxyl groups is 1. The average Bonchev–Trinajstić information content (AvgIpc) is 2.41. The Labute approximate surface area is 116 Å². The van der Waals surface area contributed by atoms with Crippen molar-refractivity contribution in [2.24, 2.45) is 0 Å². The minimum atomic E-state index is 0.409. The highest BCUT2D eigenvalue weighted by molar-refractivity contribution is 5.31. The normalized spacial score (nSPS) is 24.1. The molecule has 1 fully saturated rings. The molecule has 0 unspecified atom stereocenters. The summed E-state index contributed by atoms with van der Waals surface area (Å²) < 4.78 is 0. The highest BCUT2D eigenvalue weighted by Crippen LogP contribution is 2.27. The first-order valence-corrected chi connectivity index (χ1v) is 7.23. The first-order chi connectivity index (χ1) is 9.09. The number of para-hydroxylation sites is 1. The Morgan fingerprint density at radius 1 is 1.05 bits per heavy atom. The molecule has 3 heteroatoms. The zero-order valence-electron chi connectivity index (χ0n) is 12.3. The van der Waals surface area contributed by atoms with E-state index in [1.807, 2.05) is 18.2 Å². The third-order valence-electron chi connectivity index (χ3n) is 4.33. The molecule has 3 nitrogen and oxygen atoms in total. The number of hydrogen-bond donors (Lipinski definition) is 1. The second-order valence-electron chi connectivity index (χ2n) is 5.93. The quantitative estimate of drug-likeness (QED) is 0.904. The third-order valence-corrected chi connectivity index (χ3v) is 4.33. The van der Waals surface area contributed by atoms with Crippen LogP contribution in [-0.4, -0.2) is 48.1 Å². The van der Waals surface area contributed by atoms with Gasteiger partial charge in [-0.3, -0.25) is 4.90 Å². The summed E-state index contributed by atoms with van der Waals surface area (Å²) in [5, 5.41) is 9.90. The molecule has 1 N–H and O–H groups in total. The van der Waals surface area contributed by atoms with Crippen molar-refractivity contribution < 1.29 is 5.11 Å². The van der Waals surface area contributed by atoms with Crippen molar-refractivity contribution in [2.75, 3.05) is 21.1 Å². The van der Waals surface area contributed by atoms with E-state index in [1.54, 1.807) is 6.07 Å². The van der Waals surface area contributed by atoms with Crippen molar-refractivity contribution in [3.8, 4) is 5.75 Å². The van der Waals surface area contributed by atoms with E-state index in [0.29, 0.717) is 17.8 Å². The van der Waals surface area contributed by atoms with Crippen LogP contribution in [-0.2, 0) is 6.54 Å². The molecule has 1 aliphatic rings. The molecule has 0 heterocycles. The van der Waals surface area contributed by atoms with E-state index >= 15 is 0 Å². The Bertz CT molecular complexity index is 405. The molecule has 0 bridgehead atoms. The Morgan fingerprint density at radius 3 is 2.32 bits per heavy atom. The summed E-state index contributed by atoms with van der Waals surface area (Å²) in [4.78, 5) is 4.75. The summed E-state index contributed by atoms with van der Waals surface area (Å²) >= 11 is 0. The van der Waals surface area contributed by atoms with Gasteiger partial charge in [0, 0.05) is 24.2 Å². The zero-order valence-corrected chi connectivity index (χ0v) is 12.3. The predicted octanol–water partition coefficient (Wildman–Crippen LogP) is 2.70. The second-order valence-corrected chi connectivity index (χ2v) is 5.93. The fourth-order valence-electron chi connectivity index (χ4n) is 3.24. The van der Waals surface area contributed by atoms with Gasteiger partial charge in [0.05, 0.1) is 0 Å². The molecule has 1 aromatic rings. The minimum Gasteiger partial charge on any atom is -0.508 e. The molecule has 0 radical (unpaired) electrons. The van der Waals surface area contributed by atoms with Gasteiger partial charge in [-0.15, -0.1) is 0 Å². The summed E-state index contributed by atoms with van der Waals surface area (Å²) in [6.45, 7) is 0.821. The number of benzene rings is 1. The fraction of sp³-hybridized carbons (Fsp3) is 0.625. The fourth-order valence-corrected chi connectivity index (χ4v) is 3.24. The molecule has 1 aliphatic carbocycles. The predicted molar refractivity (Wildman–Crippen MR) is 79.3 cm³/mol. The van der Waals surface area contributed by atoms with Crippen LogP contribution < -0.4 is 0 Å². The lowest BCUT2D eigenvalue weighted by Gasteiger charge is -2.41. The average molecular weight is 262 g/mol. The van der Waals surface area contributed by atoms with E-state index in [0.717, 1.165) is 12.1 Å². The molecule has 1 saturated carbocycles. The molecule has 0 aliphatic heterocycles. The first-order valence-electron chi connectivity index (χ1n) is 7.23. The van der Waals surface area contributed by atoms with Gasteiger partial charge in [0.25, 0.3) is 0 Å². The van der Waals surface area contributed by atoms with E-state index in [4.69, 9.17) is 0 Å². The zero-order chi connectivity index (χ0) is 13.8. The lowest BCUT2D eigenvalue weighted by atomic mass is 9.88. The number of nitrogens with zero attached hydrogens (tertiary/aromatic N) is 2. The summed E-state index contributed by atoms with van der Waals surface area (Å²) in [6.07, 6.45) is 5.19. The van der Waals surface area contributed by atoms with Gasteiger partial charge in [-0.25, -0.2) is 0 Å². The van der Waals surface area contributed by atoms with Crippen molar-refractivity contribution in [3.63, 3.8) is 0 Å². The summed E-state index contributed by atoms with van der Waals surface area (Å²) in [6, 6.07) is 8.87. The van der Waals surface area contributed by atoms with Crippen LogP contribution in [0.25, 0.3) is 0 Å². The molecule has 0 saturated heterocycles. The lowest BCUT2D eigenvalue weighted by Crippen LogP contribution is -2.49. The maximum atomic E-state index is 9.90. The molecule has 0 amide bonds. The highest BCUT2D eigenvalue weighted by Gasteiger charge is 2.29. The maximum Gasteiger partial charge on any atom is 0.120 e. The lowest BCUT2D eigenvalue weighted by molar-refractivity contribution is 0.0872. The van der Waals surface area contributed by atoms with Gasteiger partial charge in [-0.2, -0.15) is 0 Å². The van der Waals surface area contributed by atoms with Crippen LogP contribution >= 0.6 is 0 Å². The van der Waals surface area contributed by atoms with Gasteiger partial charge in [-0.05, 0) is 40.1 Å². The van der Waals surface area contributed by atoms with Crippen LogP contribution in [0.3, 0.4) is 0 Å². The smallest absolute Gasteiger partial charge is 0.120 e. The standard InChI is InChI=1S/C16H26N2O/c1-17(2)14-9-5-6-10-15(14)18(3)12-13-8-4-7-11-16(13)19/h4,7-8,11,14-15,19H,5-6,9-10,12H2,1-3H3/t14-,15-/m1/s1. The van der Waals surface area contributed by atoms with Crippen LogP contribution in [0.1, 0.15) is 31.2 Å². The highest BCUT2D eigenvalue weighted by atomic mass is 16.3. The molecule has 2 atom stereocenters. The van der Waals surface area contributed by atoms with Crippen LogP contribution in [0.15, 0.2) is 24.3 Å². The summed E-state index contributed by atoms with van der Waals surface area (Å²) in [7, 11) is 6.53. The Kier molecular flexibility index (Phi) is 4.83. The van der Waals surface area contributed by atoms with Crippen LogP contribution in [0, 0.1) is 0 Å². The number of phenols is 1. The van der Waals surface area contributed by atoms with E-state index < -0.39 is 0 Å². The Hall–Kier alpha value is -1.06. The monoisotopic (exact) mass is 262 g/mol. The molecule has 0 aromatic heterocycles. The van der Waals surface area contributed by atoms with Gasteiger partial charge in [0.1, 0.15) is 5.75 Å². The SMILES string of the molecule is CN(C)[C@@H]1CCCC[C@H]1N(C)Cc1ccccc1O. The number of likely N-dealkylation sites (N-methyl/N-ethyl adjacent to an activating group) is 2. The number of rotatable bonds is 4. The molecular formula is C16H26N2O. The van der Waals surface area contributed by atoms with Gasteiger partial charge >= 0.3 is 0 Å². The largest absolute Gasteiger partial charge is 0.508 e. The van der Waals surface area contributed by atoms with Gasteiger partial charge in [-0.1, -0.05) is 31.0 Å². The molecular weight excluding hydrogens is 236 g/mol. The second kappa shape index (κ2) is 6.40. The Morgan fingerprint density at radius 2 is 1.68 bits per heavy atom. The van der Waals surface area contributed by atoms with E-state index in [1.165, 1.54) is 25.7 Å². The van der Waals surface area contributed by atoms with E-state index in [9.17, 15) is 5.11 Å². The molecule has 0 spiro atoms. The van der Waals surface area contributed by atoms with Crippen molar-refractivity contribution in [1.29, 1.82) is 0 Å². The molecule has 19 heavy (non-hydrogen) atoms. The summed E-state index contributed by atoms with van der Waals surface area (Å²) in [5.41, 5.74) is 1.02. The van der Waals surface area contributed by atoms with Gasteiger partial charge in [0.15, 0.2) is 0 Å². The van der Waals surface area contributed by atoms with Crippen molar-refractivity contribution in [1.82, 2.24) is 9.80 Å². The maximum absolute atomic E-state index is 9.90. The third kappa shape index (κ3) is 3.48. The molecule has 2 rings (SSSR count). The van der Waals surface area contributed by atoms with Crippen LogP contribution in [0.4, 0.5) is 0 Å². The first kappa shape index (κ1) is 14.4. The number of hydrogen-bond acceptors (Lipinski definition) is 3. The topological polar surface area (TPSA) is 26.7 Å². The van der Waals surface area contributed by atoms with Crippen molar-refractivity contribution >= 4 is 0 Å². The minimum absolute atomic E-state index is 0.409. The molecule has 1 aromatic carbocycles. The summed E-state index contributed by atoms with van der Waals surface area (Å²) in [5.74, 6) is 0.409. The molecule has 106 valence electrons. The van der Waals surface area contributed by atoms with Crippen molar-refractivity contribution in [3.05, 3.63) is 29.8 Å². The van der Waals surface area contributed by atoms with Crippen LogP contribution in [0.5, 0.6) is 5.75 Å². The van der Waals surface area contributed by atoms with E-state index in [-0.39, 0.29) is 0 Å². The van der Waals surface area contributed by atoms with Crippen LogP contribution in [0.2, 0.25) is 0 Å². The van der Waals surface area contributed by atoms with E-state index in [2.05, 4.69) is 30.9 Å². The van der Waals surface area contributed by atoms with Crippen molar-refractivity contribution in [2.45, 2.75) is 44.3 Å². The Balaban J connectivity index is 2.05. The number of phenolic OH excluding ortho intramolecular Hbond substituents is 1. The van der Waals surface area contributed by atoms with Gasteiger partial charge < -0.3 is 10.0 Å².